The first-order valence-electron chi connectivity index (χ1n) is 7.68. The molecule has 1 aliphatic heterocycles. The van der Waals surface area contributed by atoms with Gasteiger partial charge in [-0.25, -0.2) is 4.39 Å². The first-order chi connectivity index (χ1) is 10.1. The monoisotopic (exact) mass is 311 g/mol. The standard InChI is InChI=1S/C16H26FN3O2/c1-15(2,3)22-14(21)13-11(10-20-8-6-7-18-20)12(9-17)19-16(13,4)5/h6-8,11-13,19H,9-10H2,1-5H3/t11-,12-,13?/m1/s1. The largest absolute Gasteiger partial charge is 0.460 e. The van der Waals surface area contributed by atoms with Crippen LogP contribution in [0.25, 0.3) is 0 Å². The van der Waals surface area contributed by atoms with Crippen molar-refractivity contribution in [2.45, 2.75) is 58.3 Å². The van der Waals surface area contributed by atoms with Crippen molar-refractivity contribution < 1.29 is 13.9 Å². The van der Waals surface area contributed by atoms with Crippen molar-refractivity contribution in [3.05, 3.63) is 18.5 Å². The first kappa shape index (κ1) is 16.9. The third-order valence-corrected chi connectivity index (χ3v) is 4.06. The summed E-state index contributed by atoms with van der Waals surface area (Å²) in [7, 11) is 0. The zero-order valence-electron chi connectivity index (χ0n) is 14.0. The van der Waals surface area contributed by atoms with Crippen LogP contribution in [0.5, 0.6) is 0 Å². The van der Waals surface area contributed by atoms with Crippen molar-refractivity contribution in [2.75, 3.05) is 6.67 Å². The lowest BCUT2D eigenvalue weighted by molar-refractivity contribution is -0.163. The molecule has 6 heteroatoms. The summed E-state index contributed by atoms with van der Waals surface area (Å²) < 4.78 is 20.8. The molecule has 0 radical (unpaired) electrons. The number of rotatable bonds is 4. The minimum Gasteiger partial charge on any atom is -0.460 e. The van der Waals surface area contributed by atoms with Crippen LogP contribution in [0.2, 0.25) is 0 Å². The smallest absolute Gasteiger partial charge is 0.311 e. The van der Waals surface area contributed by atoms with E-state index in [0.29, 0.717) is 6.54 Å². The van der Waals surface area contributed by atoms with Crippen molar-refractivity contribution in [3.63, 3.8) is 0 Å². The third-order valence-electron chi connectivity index (χ3n) is 4.06. The Labute approximate surface area is 131 Å². The molecule has 1 unspecified atom stereocenters. The molecule has 124 valence electrons. The van der Waals surface area contributed by atoms with Crippen LogP contribution >= 0.6 is 0 Å². The number of hydrogen-bond acceptors (Lipinski definition) is 4. The number of nitrogens with zero attached hydrogens (tertiary/aromatic N) is 2. The Balaban J connectivity index is 2.26. The lowest BCUT2D eigenvalue weighted by Crippen LogP contribution is -2.45. The van der Waals surface area contributed by atoms with Crippen LogP contribution in [-0.2, 0) is 16.1 Å². The van der Waals surface area contributed by atoms with Gasteiger partial charge in [0.2, 0.25) is 0 Å². The molecule has 5 nitrogen and oxygen atoms in total. The van der Waals surface area contributed by atoms with Gasteiger partial charge in [0, 0.05) is 36.4 Å². The molecule has 22 heavy (non-hydrogen) atoms. The topological polar surface area (TPSA) is 56.2 Å². The lowest BCUT2D eigenvalue weighted by Gasteiger charge is -2.31. The minimum atomic E-state index is -0.558. The lowest BCUT2D eigenvalue weighted by atomic mass is 9.80. The summed E-state index contributed by atoms with van der Waals surface area (Å²) in [6.07, 6.45) is 3.51. The van der Waals surface area contributed by atoms with Crippen LogP contribution in [0.4, 0.5) is 4.39 Å². The molecular weight excluding hydrogens is 285 g/mol. The third kappa shape index (κ3) is 3.66. The zero-order chi connectivity index (χ0) is 16.5. The number of aromatic nitrogens is 2. The Kier molecular flexibility index (Phi) is 4.61. The maximum Gasteiger partial charge on any atom is 0.311 e. The van der Waals surface area contributed by atoms with E-state index in [-0.39, 0.29) is 17.9 Å². The van der Waals surface area contributed by atoms with Crippen LogP contribution in [-0.4, -0.2) is 39.6 Å². The predicted octanol–water partition coefficient (Wildman–Crippen LogP) is 2.18. The van der Waals surface area contributed by atoms with Crippen molar-refractivity contribution in [1.29, 1.82) is 0 Å². The first-order valence-corrected chi connectivity index (χ1v) is 7.68. The number of nitrogens with one attached hydrogen (secondary N) is 1. The summed E-state index contributed by atoms with van der Waals surface area (Å²) in [5.41, 5.74) is -1.08. The Morgan fingerprint density at radius 1 is 1.45 bits per heavy atom. The Morgan fingerprint density at radius 3 is 2.64 bits per heavy atom. The molecule has 1 fully saturated rings. The summed E-state index contributed by atoms with van der Waals surface area (Å²) >= 11 is 0. The van der Waals surface area contributed by atoms with Crippen molar-refractivity contribution in [1.82, 2.24) is 15.1 Å². The highest BCUT2D eigenvalue weighted by Gasteiger charge is 2.52. The van der Waals surface area contributed by atoms with Gasteiger partial charge >= 0.3 is 5.97 Å². The van der Waals surface area contributed by atoms with Crippen LogP contribution in [0, 0.1) is 11.8 Å². The van der Waals surface area contributed by atoms with Gasteiger partial charge in [-0.05, 0) is 40.7 Å². The van der Waals surface area contributed by atoms with Crippen molar-refractivity contribution in [2.24, 2.45) is 11.8 Å². The molecule has 2 rings (SSSR count). The number of ether oxygens (including phenoxy) is 1. The van der Waals surface area contributed by atoms with Gasteiger partial charge in [-0.3, -0.25) is 9.48 Å². The van der Waals surface area contributed by atoms with Gasteiger partial charge < -0.3 is 10.1 Å². The zero-order valence-corrected chi connectivity index (χ0v) is 14.0. The minimum absolute atomic E-state index is 0.199. The highest BCUT2D eigenvalue weighted by molar-refractivity contribution is 5.75. The highest BCUT2D eigenvalue weighted by Crippen LogP contribution is 2.38. The molecule has 0 aliphatic carbocycles. The van der Waals surface area contributed by atoms with E-state index >= 15 is 0 Å². The SMILES string of the molecule is CC(C)(C)OC(=O)C1[C@H](Cn2cccn2)[C@@H](CF)NC1(C)C. The second-order valence-electron chi connectivity index (χ2n) is 7.53. The average Bonchev–Trinajstić information content (AvgIpc) is 2.93. The van der Waals surface area contributed by atoms with E-state index in [0.717, 1.165) is 0 Å². The number of hydrogen-bond donors (Lipinski definition) is 1. The van der Waals surface area contributed by atoms with Crippen molar-refractivity contribution in [3.8, 4) is 0 Å². The highest BCUT2D eigenvalue weighted by atomic mass is 19.1. The molecule has 0 bridgehead atoms. The van der Waals surface area contributed by atoms with Crippen molar-refractivity contribution >= 4 is 5.97 Å². The van der Waals surface area contributed by atoms with Gasteiger partial charge in [-0.15, -0.1) is 0 Å². The maximum atomic E-state index is 13.5. The molecular formula is C16H26FN3O2. The number of carbonyl (C=O) groups is 1. The molecule has 0 aromatic carbocycles. The van der Waals surface area contributed by atoms with Gasteiger partial charge in [0.15, 0.2) is 0 Å². The number of alkyl halides is 1. The second kappa shape index (κ2) is 5.99. The Hall–Kier alpha value is -1.43. The number of halogens is 1. The Bertz CT molecular complexity index is 508. The van der Waals surface area contributed by atoms with Gasteiger partial charge in [-0.2, -0.15) is 5.10 Å². The van der Waals surface area contributed by atoms with E-state index in [1.807, 2.05) is 46.9 Å². The Morgan fingerprint density at radius 2 is 2.14 bits per heavy atom. The fourth-order valence-electron chi connectivity index (χ4n) is 3.29. The molecule has 0 spiro atoms. The maximum absolute atomic E-state index is 13.5. The quantitative estimate of drug-likeness (QED) is 0.866. The molecule has 1 saturated heterocycles. The molecule has 0 amide bonds. The second-order valence-corrected chi connectivity index (χ2v) is 7.53. The van der Waals surface area contributed by atoms with Gasteiger partial charge in [-0.1, -0.05) is 0 Å². The fraction of sp³-hybridized carbons (Fsp3) is 0.750. The number of carbonyl (C=O) groups excluding carboxylic acids is 1. The fourth-order valence-corrected chi connectivity index (χ4v) is 3.29. The summed E-state index contributed by atoms with van der Waals surface area (Å²) in [5, 5.41) is 7.42. The molecule has 1 aliphatic rings. The summed E-state index contributed by atoms with van der Waals surface area (Å²) in [6.45, 7) is 9.34. The molecule has 1 N–H and O–H groups in total. The van der Waals surface area contributed by atoms with Gasteiger partial charge in [0.05, 0.1) is 5.92 Å². The van der Waals surface area contributed by atoms with Gasteiger partial charge in [0.1, 0.15) is 12.3 Å². The number of esters is 1. The van der Waals surface area contributed by atoms with Crippen LogP contribution < -0.4 is 5.32 Å². The molecule has 1 aromatic rings. The van der Waals surface area contributed by atoms with E-state index in [4.69, 9.17) is 4.74 Å². The summed E-state index contributed by atoms with van der Waals surface area (Å²) in [5.74, 6) is -0.899. The van der Waals surface area contributed by atoms with E-state index in [9.17, 15) is 9.18 Å². The van der Waals surface area contributed by atoms with E-state index in [2.05, 4.69) is 10.4 Å². The van der Waals surface area contributed by atoms with E-state index in [1.54, 1.807) is 10.9 Å². The van der Waals surface area contributed by atoms with E-state index < -0.39 is 23.7 Å². The summed E-state index contributed by atoms with van der Waals surface area (Å²) in [4.78, 5) is 12.7. The van der Waals surface area contributed by atoms with Crippen LogP contribution in [0.15, 0.2) is 18.5 Å². The van der Waals surface area contributed by atoms with Gasteiger partial charge in [0.25, 0.3) is 0 Å². The van der Waals surface area contributed by atoms with E-state index in [1.165, 1.54) is 0 Å². The molecule has 1 aromatic heterocycles. The predicted molar refractivity (Wildman–Crippen MR) is 82.0 cm³/mol. The average molecular weight is 311 g/mol. The normalized spacial score (nSPS) is 27.8. The van der Waals surface area contributed by atoms with Crippen LogP contribution in [0.3, 0.4) is 0 Å². The molecule has 2 heterocycles. The summed E-state index contributed by atoms with van der Waals surface area (Å²) in [6, 6.07) is 1.44. The molecule has 3 atom stereocenters. The molecule has 0 saturated carbocycles. The van der Waals surface area contributed by atoms with Crippen LogP contribution in [0.1, 0.15) is 34.6 Å².